The van der Waals surface area contributed by atoms with Gasteiger partial charge in [-0.3, -0.25) is 9.10 Å². The molecule has 0 saturated heterocycles. The van der Waals surface area contributed by atoms with Crippen molar-refractivity contribution < 1.29 is 13.2 Å². The fourth-order valence-corrected chi connectivity index (χ4v) is 3.11. The first kappa shape index (κ1) is 18.8. The van der Waals surface area contributed by atoms with Crippen LogP contribution in [0.25, 0.3) is 0 Å². The van der Waals surface area contributed by atoms with Gasteiger partial charge in [-0.05, 0) is 37.1 Å². The molecule has 124 valence electrons. The first-order chi connectivity index (χ1) is 10.3. The lowest BCUT2D eigenvalue weighted by Crippen LogP contribution is -2.43. The van der Waals surface area contributed by atoms with E-state index in [9.17, 15) is 13.2 Å². The minimum absolute atomic E-state index is 0.191. The second kappa shape index (κ2) is 8.39. The highest BCUT2D eigenvalue weighted by molar-refractivity contribution is 7.92. The van der Waals surface area contributed by atoms with Gasteiger partial charge >= 0.3 is 0 Å². The Morgan fingerprint density at radius 3 is 2.00 bits per heavy atom. The zero-order chi connectivity index (χ0) is 16.8. The SMILES string of the molecule is CCCN(CCC)C(=O)CN(c1ccc(Cl)cc1)S(C)(=O)=O. The van der Waals surface area contributed by atoms with Gasteiger partial charge in [0.1, 0.15) is 6.54 Å². The van der Waals surface area contributed by atoms with Gasteiger partial charge in [0.15, 0.2) is 0 Å². The number of sulfonamides is 1. The molecule has 1 amide bonds. The van der Waals surface area contributed by atoms with E-state index in [0.717, 1.165) is 23.4 Å². The van der Waals surface area contributed by atoms with Crippen molar-refractivity contribution in [2.45, 2.75) is 26.7 Å². The lowest BCUT2D eigenvalue weighted by Gasteiger charge is -2.27. The van der Waals surface area contributed by atoms with Crippen LogP contribution in [0, 0.1) is 0 Å². The number of nitrogens with zero attached hydrogens (tertiary/aromatic N) is 2. The Morgan fingerprint density at radius 1 is 1.09 bits per heavy atom. The Bertz CT molecular complexity index is 581. The molecule has 7 heteroatoms. The molecule has 5 nitrogen and oxygen atoms in total. The summed E-state index contributed by atoms with van der Waals surface area (Å²) in [7, 11) is -3.55. The highest BCUT2D eigenvalue weighted by Gasteiger charge is 2.23. The number of hydrogen-bond donors (Lipinski definition) is 0. The van der Waals surface area contributed by atoms with Crippen molar-refractivity contribution in [3.05, 3.63) is 29.3 Å². The molecule has 0 N–H and O–H groups in total. The first-order valence-electron chi connectivity index (χ1n) is 7.30. The molecule has 1 aromatic carbocycles. The van der Waals surface area contributed by atoms with E-state index in [1.54, 1.807) is 29.2 Å². The molecule has 22 heavy (non-hydrogen) atoms. The molecule has 0 spiro atoms. The molecule has 0 heterocycles. The van der Waals surface area contributed by atoms with E-state index in [0.29, 0.717) is 23.8 Å². The van der Waals surface area contributed by atoms with E-state index in [-0.39, 0.29) is 12.5 Å². The molecular weight excluding hydrogens is 324 g/mol. The minimum atomic E-state index is -3.55. The molecule has 1 aromatic rings. The van der Waals surface area contributed by atoms with E-state index in [1.807, 2.05) is 13.8 Å². The van der Waals surface area contributed by atoms with Crippen LogP contribution in [0.1, 0.15) is 26.7 Å². The van der Waals surface area contributed by atoms with Gasteiger partial charge in [-0.2, -0.15) is 0 Å². The van der Waals surface area contributed by atoms with Gasteiger partial charge in [0.25, 0.3) is 0 Å². The molecule has 0 saturated carbocycles. The molecule has 0 unspecified atom stereocenters. The summed E-state index contributed by atoms with van der Waals surface area (Å²) in [5.41, 5.74) is 0.438. The van der Waals surface area contributed by atoms with Crippen LogP contribution < -0.4 is 4.31 Å². The quantitative estimate of drug-likeness (QED) is 0.727. The van der Waals surface area contributed by atoms with Crippen LogP contribution >= 0.6 is 11.6 Å². The van der Waals surface area contributed by atoms with Crippen molar-refractivity contribution in [2.24, 2.45) is 0 Å². The van der Waals surface area contributed by atoms with Crippen molar-refractivity contribution in [1.82, 2.24) is 4.90 Å². The third-order valence-electron chi connectivity index (χ3n) is 3.13. The molecule has 1 rings (SSSR count). The van der Waals surface area contributed by atoms with Gasteiger partial charge in [0, 0.05) is 18.1 Å². The Hall–Kier alpha value is -1.27. The molecule has 0 atom stereocenters. The molecule has 0 aliphatic heterocycles. The topological polar surface area (TPSA) is 57.7 Å². The van der Waals surface area contributed by atoms with E-state index in [4.69, 9.17) is 11.6 Å². The molecular formula is C15H23ClN2O3S. The molecule has 0 fully saturated rings. The third-order valence-corrected chi connectivity index (χ3v) is 4.53. The van der Waals surface area contributed by atoms with E-state index >= 15 is 0 Å². The molecule has 0 aromatic heterocycles. The molecule has 0 aliphatic carbocycles. The number of hydrogen-bond acceptors (Lipinski definition) is 3. The van der Waals surface area contributed by atoms with Gasteiger partial charge in [0.05, 0.1) is 11.9 Å². The maximum atomic E-state index is 12.4. The fraction of sp³-hybridized carbons (Fsp3) is 0.533. The van der Waals surface area contributed by atoms with Crippen molar-refractivity contribution >= 4 is 33.2 Å². The third kappa shape index (κ3) is 5.50. The average molecular weight is 347 g/mol. The summed E-state index contributed by atoms with van der Waals surface area (Å²) < 4.78 is 25.1. The van der Waals surface area contributed by atoms with Crippen LogP contribution in [0.4, 0.5) is 5.69 Å². The van der Waals surface area contributed by atoms with E-state index < -0.39 is 10.0 Å². The summed E-state index contributed by atoms with van der Waals surface area (Å²) in [6, 6.07) is 6.41. The van der Waals surface area contributed by atoms with Gasteiger partial charge < -0.3 is 4.90 Å². The van der Waals surface area contributed by atoms with Crippen LogP contribution in [-0.2, 0) is 14.8 Å². The lowest BCUT2D eigenvalue weighted by molar-refractivity contribution is -0.129. The summed E-state index contributed by atoms with van der Waals surface area (Å²) in [6.07, 6.45) is 2.77. The molecule has 0 bridgehead atoms. The Balaban J connectivity index is 2.99. The Morgan fingerprint density at radius 2 is 1.59 bits per heavy atom. The predicted molar refractivity (Wildman–Crippen MR) is 90.8 cm³/mol. The number of anilines is 1. The first-order valence-corrected chi connectivity index (χ1v) is 9.53. The summed E-state index contributed by atoms with van der Waals surface area (Å²) in [4.78, 5) is 14.1. The maximum Gasteiger partial charge on any atom is 0.243 e. The lowest BCUT2D eigenvalue weighted by atomic mass is 10.3. The number of carbonyl (C=O) groups is 1. The van der Waals surface area contributed by atoms with Gasteiger partial charge in [-0.15, -0.1) is 0 Å². The van der Waals surface area contributed by atoms with Crippen molar-refractivity contribution in [1.29, 1.82) is 0 Å². The standard InChI is InChI=1S/C15H23ClN2O3S/c1-4-10-17(11-5-2)15(19)12-18(22(3,20)21)14-8-6-13(16)7-9-14/h6-9H,4-5,10-12H2,1-3H3. The highest BCUT2D eigenvalue weighted by atomic mass is 35.5. The van der Waals surface area contributed by atoms with Gasteiger partial charge in [-0.1, -0.05) is 25.4 Å². The smallest absolute Gasteiger partial charge is 0.243 e. The van der Waals surface area contributed by atoms with Crippen molar-refractivity contribution in [3.63, 3.8) is 0 Å². The van der Waals surface area contributed by atoms with Gasteiger partial charge in [-0.25, -0.2) is 8.42 Å². The summed E-state index contributed by atoms with van der Waals surface area (Å²) in [5.74, 6) is -0.191. The fourth-order valence-electron chi connectivity index (χ4n) is 2.13. The zero-order valence-electron chi connectivity index (χ0n) is 13.3. The number of carbonyl (C=O) groups excluding carboxylic acids is 1. The normalized spacial score (nSPS) is 11.3. The second-order valence-corrected chi connectivity index (χ2v) is 7.47. The van der Waals surface area contributed by atoms with E-state index in [1.165, 1.54) is 0 Å². The van der Waals surface area contributed by atoms with E-state index in [2.05, 4.69) is 0 Å². The van der Waals surface area contributed by atoms with Gasteiger partial charge in [0.2, 0.25) is 15.9 Å². The highest BCUT2D eigenvalue weighted by Crippen LogP contribution is 2.20. The summed E-state index contributed by atoms with van der Waals surface area (Å²) in [5, 5.41) is 0.516. The summed E-state index contributed by atoms with van der Waals surface area (Å²) >= 11 is 5.83. The zero-order valence-corrected chi connectivity index (χ0v) is 14.8. The number of benzene rings is 1. The van der Waals surface area contributed by atoms with Crippen LogP contribution in [0.15, 0.2) is 24.3 Å². The number of rotatable bonds is 8. The Labute approximate surface area is 137 Å². The van der Waals surface area contributed by atoms with Crippen molar-refractivity contribution in [2.75, 3.05) is 30.2 Å². The van der Waals surface area contributed by atoms with Crippen LogP contribution in [0.3, 0.4) is 0 Å². The van der Waals surface area contributed by atoms with Crippen LogP contribution in [0.2, 0.25) is 5.02 Å². The maximum absolute atomic E-state index is 12.4. The molecule has 0 radical (unpaired) electrons. The van der Waals surface area contributed by atoms with Crippen LogP contribution in [0.5, 0.6) is 0 Å². The largest absolute Gasteiger partial charge is 0.341 e. The van der Waals surface area contributed by atoms with Crippen LogP contribution in [-0.4, -0.2) is 45.1 Å². The predicted octanol–water partition coefficient (Wildman–Crippen LogP) is 2.75. The number of amides is 1. The van der Waals surface area contributed by atoms with Crippen molar-refractivity contribution in [3.8, 4) is 0 Å². The summed E-state index contributed by atoms with van der Waals surface area (Å²) in [6.45, 7) is 5.04. The Kier molecular flexibility index (Phi) is 7.16. The minimum Gasteiger partial charge on any atom is -0.341 e. The monoisotopic (exact) mass is 346 g/mol. The number of halogens is 1. The average Bonchev–Trinajstić information content (AvgIpc) is 2.44. The molecule has 0 aliphatic rings. The second-order valence-electron chi connectivity index (χ2n) is 5.13.